The molecule has 1 fully saturated rings. The molecule has 1 aromatic rings. The average Bonchev–Trinajstić information content (AvgIpc) is 2.85. The van der Waals surface area contributed by atoms with E-state index < -0.39 is 0 Å². The lowest BCUT2D eigenvalue weighted by atomic mass is 9.94. The van der Waals surface area contributed by atoms with Crippen LogP contribution in [0.2, 0.25) is 0 Å². The molecule has 0 aliphatic heterocycles. The van der Waals surface area contributed by atoms with Gasteiger partial charge in [-0.25, -0.2) is 0 Å². The number of rotatable bonds is 3. The normalized spacial score (nSPS) is 17.1. The van der Waals surface area contributed by atoms with E-state index in [9.17, 15) is 4.79 Å². The van der Waals surface area contributed by atoms with Gasteiger partial charge >= 0.3 is 0 Å². The first-order valence-electron chi connectivity index (χ1n) is 7.10. The number of hydrogen-bond donors (Lipinski definition) is 0. The highest BCUT2D eigenvalue weighted by molar-refractivity contribution is 7.12. The summed E-state index contributed by atoms with van der Waals surface area (Å²) in [6.07, 6.45) is 7.87. The second-order valence-electron chi connectivity index (χ2n) is 5.44. The predicted molar refractivity (Wildman–Crippen MR) is 81.4 cm³/mol. The fourth-order valence-electron chi connectivity index (χ4n) is 2.49. The molecule has 104 valence electrons. The Morgan fingerprint density at radius 1 is 1.32 bits per heavy atom. The standard InChI is InChI=1S/C16H23NOS/c1-12-9-10-15(19-12)13(2)17(3)16(18)11-14-7-5-4-6-8-14/h9-11,13H,4-8H2,1-3H3/t13-/m0/s1. The summed E-state index contributed by atoms with van der Waals surface area (Å²) in [6.45, 7) is 4.20. The zero-order valence-electron chi connectivity index (χ0n) is 12.1. The topological polar surface area (TPSA) is 20.3 Å². The van der Waals surface area contributed by atoms with Crippen molar-refractivity contribution in [3.63, 3.8) is 0 Å². The number of hydrogen-bond acceptors (Lipinski definition) is 2. The molecule has 0 bridgehead atoms. The van der Waals surface area contributed by atoms with E-state index in [2.05, 4.69) is 26.0 Å². The van der Waals surface area contributed by atoms with Gasteiger partial charge < -0.3 is 4.90 Å². The molecule has 0 unspecified atom stereocenters. The van der Waals surface area contributed by atoms with Gasteiger partial charge in [0.25, 0.3) is 0 Å². The first kappa shape index (κ1) is 14.3. The summed E-state index contributed by atoms with van der Waals surface area (Å²) in [5, 5.41) is 0. The zero-order valence-corrected chi connectivity index (χ0v) is 12.9. The van der Waals surface area contributed by atoms with Gasteiger partial charge in [-0.2, -0.15) is 0 Å². The summed E-state index contributed by atoms with van der Waals surface area (Å²) in [5.41, 5.74) is 1.33. The maximum atomic E-state index is 12.3. The molecular weight excluding hydrogens is 254 g/mol. The number of carbonyl (C=O) groups excluding carboxylic acids is 1. The number of allylic oxidation sites excluding steroid dienone is 1. The average molecular weight is 277 g/mol. The Morgan fingerprint density at radius 3 is 2.58 bits per heavy atom. The molecule has 2 nitrogen and oxygen atoms in total. The van der Waals surface area contributed by atoms with Gasteiger partial charge in [-0.1, -0.05) is 12.0 Å². The van der Waals surface area contributed by atoms with Crippen LogP contribution in [0.15, 0.2) is 23.8 Å². The van der Waals surface area contributed by atoms with Crippen LogP contribution in [0.4, 0.5) is 0 Å². The molecule has 1 aliphatic rings. The lowest BCUT2D eigenvalue weighted by molar-refractivity contribution is -0.126. The molecule has 2 rings (SSSR count). The molecule has 0 saturated heterocycles. The fraction of sp³-hybridized carbons (Fsp3) is 0.562. The summed E-state index contributed by atoms with van der Waals surface area (Å²) in [7, 11) is 1.90. The SMILES string of the molecule is Cc1ccc([C@H](C)N(C)C(=O)C=C2CCCCC2)s1. The van der Waals surface area contributed by atoms with Crippen molar-refractivity contribution in [3.05, 3.63) is 33.5 Å². The predicted octanol–water partition coefficient (Wildman–Crippen LogP) is 4.47. The first-order chi connectivity index (χ1) is 9.08. The Hall–Kier alpha value is -1.09. The van der Waals surface area contributed by atoms with Crippen molar-refractivity contribution in [2.75, 3.05) is 7.05 Å². The van der Waals surface area contributed by atoms with Crippen molar-refractivity contribution in [3.8, 4) is 0 Å². The number of carbonyl (C=O) groups is 1. The first-order valence-corrected chi connectivity index (χ1v) is 7.92. The molecule has 0 radical (unpaired) electrons. The molecule has 0 spiro atoms. The van der Waals surface area contributed by atoms with Gasteiger partial charge in [0.05, 0.1) is 6.04 Å². The molecule has 1 saturated carbocycles. The monoisotopic (exact) mass is 277 g/mol. The number of amides is 1. The molecular formula is C16H23NOS. The largest absolute Gasteiger partial charge is 0.335 e. The summed E-state index contributed by atoms with van der Waals surface area (Å²) in [6, 6.07) is 4.41. The van der Waals surface area contributed by atoms with Gasteiger partial charge in [-0.05, 0) is 51.7 Å². The van der Waals surface area contributed by atoms with Crippen LogP contribution in [0.5, 0.6) is 0 Å². The van der Waals surface area contributed by atoms with E-state index in [1.807, 2.05) is 18.0 Å². The van der Waals surface area contributed by atoms with Gasteiger partial charge in [0.2, 0.25) is 5.91 Å². The Bertz CT molecular complexity index is 467. The van der Waals surface area contributed by atoms with E-state index in [-0.39, 0.29) is 11.9 Å². The van der Waals surface area contributed by atoms with Crippen molar-refractivity contribution < 1.29 is 4.79 Å². The highest BCUT2D eigenvalue weighted by atomic mass is 32.1. The van der Waals surface area contributed by atoms with Crippen LogP contribution in [-0.4, -0.2) is 17.9 Å². The highest BCUT2D eigenvalue weighted by Crippen LogP contribution is 2.27. The van der Waals surface area contributed by atoms with E-state index in [4.69, 9.17) is 0 Å². The smallest absolute Gasteiger partial charge is 0.246 e. The van der Waals surface area contributed by atoms with Crippen LogP contribution in [0.25, 0.3) is 0 Å². The molecule has 19 heavy (non-hydrogen) atoms. The van der Waals surface area contributed by atoms with Crippen molar-refractivity contribution >= 4 is 17.2 Å². The number of likely N-dealkylation sites (N-methyl/N-ethyl adjacent to an activating group) is 1. The third-order valence-corrected chi connectivity index (χ3v) is 5.10. The molecule has 1 amide bonds. The molecule has 0 N–H and O–H groups in total. The molecule has 1 atom stereocenters. The van der Waals surface area contributed by atoms with E-state index >= 15 is 0 Å². The van der Waals surface area contributed by atoms with E-state index in [0.29, 0.717) is 0 Å². The van der Waals surface area contributed by atoms with Crippen molar-refractivity contribution in [1.29, 1.82) is 0 Å². The molecule has 1 heterocycles. The lowest BCUT2D eigenvalue weighted by Gasteiger charge is -2.24. The minimum atomic E-state index is 0.149. The Labute approximate surface area is 120 Å². The molecule has 0 aromatic carbocycles. The van der Waals surface area contributed by atoms with Crippen LogP contribution in [0.3, 0.4) is 0 Å². The molecule has 3 heteroatoms. The Balaban J connectivity index is 2.02. The van der Waals surface area contributed by atoms with Crippen molar-refractivity contribution in [1.82, 2.24) is 4.90 Å². The van der Waals surface area contributed by atoms with Crippen LogP contribution in [0.1, 0.15) is 54.8 Å². The minimum absolute atomic E-state index is 0.149. The maximum Gasteiger partial charge on any atom is 0.246 e. The molecule has 1 aromatic heterocycles. The van der Waals surface area contributed by atoms with Crippen LogP contribution >= 0.6 is 11.3 Å². The fourth-order valence-corrected chi connectivity index (χ4v) is 3.46. The summed E-state index contributed by atoms with van der Waals surface area (Å²) in [4.78, 5) is 16.7. The minimum Gasteiger partial charge on any atom is -0.335 e. The summed E-state index contributed by atoms with van der Waals surface area (Å²) in [5.74, 6) is 0.149. The van der Waals surface area contributed by atoms with Crippen molar-refractivity contribution in [2.24, 2.45) is 0 Å². The maximum absolute atomic E-state index is 12.3. The van der Waals surface area contributed by atoms with Crippen LogP contribution < -0.4 is 0 Å². The van der Waals surface area contributed by atoms with Crippen molar-refractivity contribution in [2.45, 2.75) is 52.0 Å². The zero-order chi connectivity index (χ0) is 13.8. The third kappa shape index (κ3) is 3.69. The Morgan fingerprint density at radius 2 is 2.00 bits per heavy atom. The number of nitrogens with zero attached hydrogens (tertiary/aromatic N) is 1. The van der Waals surface area contributed by atoms with E-state index in [1.54, 1.807) is 11.3 Å². The van der Waals surface area contributed by atoms with Gasteiger partial charge in [0.1, 0.15) is 0 Å². The van der Waals surface area contributed by atoms with Gasteiger partial charge in [-0.15, -0.1) is 11.3 Å². The number of thiophene rings is 1. The number of aryl methyl sites for hydroxylation is 1. The quantitative estimate of drug-likeness (QED) is 0.747. The van der Waals surface area contributed by atoms with Crippen LogP contribution in [-0.2, 0) is 4.79 Å². The summed E-state index contributed by atoms with van der Waals surface area (Å²) < 4.78 is 0. The lowest BCUT2D eigenvalue weighted by Crippen LogP contribution is -2.28. The third-order valence-electron chi connectivity index (χ3n) is 3.92. The summed E-state index contributed by atoms with van der Waals surface area (Å²) >= 11 is 1.77. The van der Waals surface area contributed by atoms with Gasteiger partial charge in [0, 0.05) is 22.9 Å². The second kappa shape index (κ2) is 6.38. The Kier molecular flexibility index (Phi) is 4.81. The van der Waals surface area contributed by atoms with E-state index in [1.165, 1.54) is 34.6 Å². The molecule has 1 aliphatic carbocycles. The van der Waals surface area contributed by atoms with E-state index in [0.717, 1.165) is 12.8 Å². The van der Waals surface area contributed by atoms with Crippen LogP contribution in [0, 0.1) is 6.92 Å². The van der Waals surface area contributed by atoms with Gasteiger partial charge in [-0.3, -0.25) is 4.79 Å². The second-order valence-corrected chi connectivity index (χ2v) is 6.76. The highest BCUT2D eigenvalue weighted by Gasteiger charge is 2.18. The van der Waals surface area contributed by atoms with Gasteiger partial charge in [0.15, 0.2) is 0 Å².